The molecule has 2 aromatic rings. The Morgan fingerprint density at radius 3 is 3.10 bits per heavy atom. The molecule has 1 atom stereocenters. The van der Waals surface area contributed by atoms with Crippen molar-refractivity contribution in [2.75, 3.05) is 7.11 Å². The van der Waals surface area contributed by atoms with Crippen molar-refractivity contribution in [1.29, 1.82) is 0 Å². The highest BCUT2D eigenvalue weighted by Crippen LogP contribution is 2.36. The van der Waals surface area contributed by atoms with Crippen molar-refractivity contribution in [2.24, 2.45) is 0 Å². The second kappa shape index (κ2) is 5.85. The Morgan fingerprint density at radius 2 is 2.33 bits per heavy atom. The normalized spacial score (nSPS) is 17.0. The summed E-state index contributed by atoms with van der Waals surface area (Å²) < 4.78 is 21.4. The second-order valence-corrected chi connectivity index (χ2v) is 5.25. The van der Waals surface area contributed by atoms with E-state index in [9.17, 15) is 4.39 Å². The first-order valence-electron chi connectivity index (χ1n) is 7.33. The Morgan fingerprint density at radius 1 is 1.48 bits per heavy atom. The second-order valence-electron chi connectivity index (χ2n) is 5.25. The number of halogens is 1. The first-order valence-corrected chi connectivity index (χ1v) is 7.33. The highest BCUT2D eigenvalue weighted by Gasteiger charge is 2.26. The van der Waals surface area contributed by atoms with E-state index >= 15 is 0 Å². The van der Waals surface area contributed by atoms with Crippen molar-refractivity contribution < 1.29 is 9.13 Å². The molecule has 0 saturated carbocycles. The number of fused-ring (bicyclic) bond motifs is 1. The number of imidazole rings is 1. The minimum absolute atomic E-state index is 0.183. The Hall–Kier alpha value is -1.88. The predicted octanol–water partition coefficient (Wildman–Crippen LogP) is 2.83. The fourth-order valence-corrected chi connectivity index (χ4v) is 3.02. The van der Waals surface area contributed by atoms with Crippen LogP contribution >= 0.6 is 0 Å². The highest BCUT2D eigenvalue weighted by molar-refractivity contribution is 5.42. The number of nitrogens with one attached hydrogen (secondary N) is 1. The third-order valence-corrected chi connectivity index (χ3v) is 4.17. The van der Waals surface area contributed by atoms with Crippen LogP contribution in [0.5, 0.6) is 5.75 Å². The molecule has 4 nitrogen and oxygen atoms in total. The minimum Gasteiger partial charge on any atom is -0.494 e. The number of hydrogen-bond acceptors (Lipinski definition) is 3. The van der Waals surface area contributed by atoms with Gasteiger partial charge in [0.1, 0.15) is 5.82 Å². The van der Waals surface area contributed by atoms with Crippen LogP contribution in [0.25, 0.3) is 0 Å². The van der Waals surface area contributed by atoms with E-state index < -0.39 is 0 Å². The van der Waals surface area contributed by atoms with Crippen LogP contribution in [-0.4, -0.2) is 16.7 Å². The standard InChI is InChI=1S/C16H20FN3O/c1-3-20-9-8-18-15(20)10-19-13-6-4-12-11(13)5-7-14(21-2)16(12)17/h5,7-9,13,19H,3-4,6,10H2,1-2H3. The van der Waals surface area contributed by atoms with Crippen molar-refractivity contribution in [2.45, 2.75) is 38.9 Å². The van der Waals surface area contributed by atoms with Gasteiger partial charge in [-0.1, -0.05) is 6.07 Å². The molecule has 0 amide bonds. The van der Waals surface area contributed by atoms with Crippen LogP contribution in [0.15, 0.2) is 24.5 Å². The number of ether oxygens (including phenoxy) is 1. The predicted molar refractivity (Wildman–Crippen MR) is 78.8 cm³/mol. The summed E-state index contributed by atoms with van der Waals surface area (Å²) in [6.45, 7) is 3.69. The molecule has 112 valence electrons. The molecular weight excluding hydrogens is 269 g/mol. The van der Waals surface area contributed by atoms with Gasteiger partial charge in [-0.05, 0) is 37.0 Å². The summed E-state index contributed by atoms with van der Waals surface area (Å²) in [5, 5.41) is 3.49. The topological polar surface area (TPSA) is 39.1 Å². The maximum absolute atomic E-state index is 14.2. The quantitative estimate of drug-likeness (QED) is 0.920. The van der Waals surface area contributed by atoms with E-state index in [-0.39, 0.29) is 11.9 Å². The third-order valence-electron chi connectivity index (χ3n) is 4.17. The van der Waals surface area contributed by atoms with Crippen molar-refractivity contribution in [3.63, 3.8) is 0 Å². The molecule has 1 aromatic carbocycles. The summed E-state index contributed by atoms with van der Waals surface area (Å²) in [4.78, 5) is 4.36. The van der Waals surface area contributed by atoms with Gasteiger partial charge >= 0.3 is 0 Å². The van der Waals surface area contributed by atoms with Gasteiger partial charge in [0.2, 0.25) is 0 Å². The zero-order valence-electron chi connectivity index (χ0n) is 12.4. The van der Waals surface area contributed by atoms with Gasteiger partial charge in [0.05, 0.1) is 13.7 Å². The van der Waals surface area contributed by atoms with Gasteiger partial charge in [0.25, 0.3) is 0 Å². The lowest BCUT2D eigenvalue weighted by Crippen LogP contribution is -2.21. The molecule has 3 rings (SSSR count). The molecule has 0 radical (unpaired) electrons. The van der Waals surface area contributed by atoms with E-state index in [1.54, 1.807) is 6.07 Å². The summed E-state index contributed by atoms with van der Waals surface area (Å²) >= 11 is 0. The van der Waals surface area contributed by atoms with Gasteiger partial charge in [-0.3, -0.25) is 0 Å². The molecule has 21 heavy (non-hydrogen) atoms. The first kappa shape index (κ1) is 14.1. The number of methoxy groups -OCH3 is 1. The molecule has 0 fully saturated rings. The van der Waals surface area contributed by atoms with E-state index in [1.807, 2.05) is 18.5 Å². The zero-order chi connectivity index (χ0) is 14.8. The molecule has 1 aliphatic rings. The van der Waals surface area contributed by atoms with Gasteiger partial charge in [-0.25, -0.2) is 9.37 Å². The van der Waals surface area contributed by atoms with E-state index in [4.69, 9.17) is 4.74 Å². The monoisotopic (exact) mass is 289 g/mol. The molecular formula is C16H20FN3O. The van der Waals surface area contributed by atoms with E-state index in [1.165, 1.54) is 7.11 Å². The van der Waals surface area contributed by atoms with E-state index in [0.29, 0.717) is 12.3 Å². The van der Waals surface area contributed by atoms with E-state index in [2.05, 4.69) is 21.8 Å². The fourth-order valence-electron chi connectivity index (χ4n) is 3.02. The van der Waals surface area contributed by atoms with Gasteiger partial charge in [0, 0.05) is 25.0 Å². The first-order chi connectivity index (χ1) is 10.2. The van der Waals surface area contributed by atoms with Crippen LogP contribution < -0.4 is 10.1 Å². The molecule has 1 aromatic heterocycles. The maximum Gasteiger partial charge on any atom is 0.168 e. The van der Waals surface area contributed by atoms with Crippen molar-refractivity contribution in [3.8, 4) is 5.75 Å². The molecule has 0 bridgehead atoms. The number of nitrogens with zero attached hydrogens (tertiary/aromatic N) is 2. The molecule has 0 spiro atoms. The Kier molecular flexibility index (Phi) is 3.92. The lowest BCUT2D eigenvalue weighted by atomic mass is 10.1. The summed E-state index contributed by atoms with van der Waals surface area (Å²) in [5.41, 5.74) is 1.83. The largest absolute Gasteiger partial charge is 0.494 e. The SMILES string of the molecule is CCn1ccnc1CNC1CCc2c1ccc(OC)c2F. The van der Waals surface area contributed by atoms with Crippen molar-refractivity contribution >= 4 is 0 Å². The molecule has 1 heterocycles. The molecule has 5 heteroatoms. The maximum atomic E-state index is 14.2. The molecule has 0 aliphatic heterocycles. The number of aryl methyl sites for hydroxylation is 1. The number of hydrogen-bond donors (Lipinski definition) is 1. The van der Waals surface area contributed by atoms with Gasteiger partial charge in [-0.2, -0.15) is 0 Å². The highest BCUT2D eigenvalue weighted by atomic mass is 19.1. The number of aromatic nitrogens is 2. The lowest BCUT2D eigenvalue weighted by molar-refractivity contribution is 0.384. The van der Waals surface area contributed by atoms with Crippen LogP contribution in [0, 0.1) is 5.82 Å². The zero-order valence-corrected chi connectivity index (χ0v) is 12.4. The minimum atomic E-state index is -0.214. The summed E-state index contributed by atoms with van der Waals surface area (Å²) in [7, 11) is 1.50. The summed E-state index contributed by atoms with van der Waals surface area (Å²) in [6, 6.07) is 3.86. The third kappa shape index (κ3) is 2.53. The van der Waals surface area contributed by atoms with Crippen molar-refractivity contribution in [1.82, 2.24) is 14.9 Å². The molecule has 1 aliphatic carbocycles. The van der Waals surface area contributed by atoms with Crippen LogP contribution in [0.4, 0.5) is 4.39 Å². The Balaban J connectivity index is 1.75. The van der Waals surface area contributed by atoms with E-state index in [0.717, 1.165) is 36.3 Å². The van der Waals surface area contributed by atoms with Crippen LogP contribution in [0.3, 0.4) is 0 Å². The summed E-state index contributed by atoms with van der Waals surface area (Å²) in [5.74, 6) is 1.13. The molecule has 0 saturated heterocycles. The number of benzene rings is 1. The Labute approximate surface area is 124 Å². The van der Waals surface area contributed by atoms with Crippen LogP contribution in [0.2, 0.25) is 0 Å². The fraction of sp³-hybridized carbons (Fsp3) is 0.438. The smallest absolute Gasteiger partial charge is 0.168 e. The van der Waals surface area contributed by atoms with Crippen LogP contribution in [0.1, 0.15) is 36.3 Å². The molecule has 1 unspecified atom stereocenters. The van der Waals surface area contributed by atoms with Gasteiger partial charge < -0.3 is 14.6 Å². The molecule has 1 N–H and O–H groups in total. The van der Waals surface area contributed by atoms with Gasteiger partial charge in [0.15, 0.2) is 11.6 Å². The number of rotatable bonds is 5. The van der Waals surface area contributed by atoms with Crippen molar-refractivity contribution in [3.05, 3.63) is 47.3 Å². The average molecular weight is 289 g/mol. The van der Waals surface area contributed by atoms with Gasteiger partial charge in [-0.15, -0.1) is 0 Å². The summed E-state index contributed by atoms with van der Waals surface area (Å²) in [6.07, 6.45) is 5.45. The van der Waals surface area contributed by atoms with Crippen LogP contribution in [-0.2, 0) is 19.5 Å². The lowest BCUT2D eigenvalue weighted by Gasteiger charge is -2.15. The Bertz CT molecular complexity index is 638. The average Bonchev–Trinajstić information content (AvgIpc) is 3.12.